The molecule has 4 rings (SSSR count). The van der Waals surface area contributed by atoms with Crippen LogP contribution in [0.2, 0.25) is 0 Å². The summed E-state index contributed by atoms with van der Waals surface area (Å²) in [7, 11) is 0. The summed E-state index contributed by atoms with van der Waals surface area (Å²) in [5, 5.41) is 12.9. The fraction of sp³-hybridized carbons (Fsp3) is 0.154. The van der Waals surface area contributed by atoms with Gasteiger partial charge in [-0.05, 0) is 54.1 Å². The van der Waals surface area contributed by atoms with E-state index in [2.05, 4.69) is 20.9 Å². The fourth-order valence-corrected chi connectivity index (χ4v) is 3.23. The lowest BCUT2D eigenvalue weighted by Gasteiger charge is -2.19. The summed E-state index contributed by atoms with van der Waals surface area (Å²) >= 11 is 0. The van der Waals surface area contributed by atoms with E-state index in [1.165, 1.54) is 35.1 Å². The van der Waals surface area contributed by atoms with Crippen molar-refractivity contribution in [3.8, 4) is 11.5 Å². The third kappa shape index (κ3) is 7.47. The molecule has 0 fully saturated rings. The highest BCUT2D eigenvalue weighted by atomic mass is 19.1. The Balaban J connectivity index is 1.36. The summed E-state index contributed by atoms with van der Waals surface area (Å²) < 4.78 is 25.8. The predicted octanol–water partition coefficient (Wildman–Crippen LogP) is 3.55. The van der Waals surface area contributed by atoms with Crippen molar-refractivity contribution in [2.75, 3.05) is 11.9 Å². The van der Waals surface area contributed by atoms with Crippen LogP contribution in [0.25, 0.3) is 0 Å². The summed E-state index contributed by atoms with van der Waals surface area (Å²) in [6.45, 7) is 0.173. The van der Waals surface area contributed by atoms with Gasteiger partial charge >= 0.3 is 0 Å². The van der Waals surface area contributed by atoms with Gasteiger partial charge in [0.05, 0.1) is 19.4 Å². The molecule has 36 heavy (non-hydrogen) atoms. The second kappa shape index (κ2) is 12.2. The minimum atomic E-state index is -0.945. The number of hydrogen-bond acceptors (Lipinski definition) is 6. The lowest BCUT2D eigenvalue weighted by atomic mass is 10.2. The highest BCUT2D eigenvalue weighted by molar-refractivity contribution is 5.97. The number of hydrogen-bond donors (Lipinski definition) is 2. The average Bonchev–Trinajstić information content (AvgIpc) is 3.39. The first kappa shape index (κ1) is 24.6. The van der Waals surface area contributed by atoms with Gasteiger partial charge in [-0.25, -0.2) is 9.07 Å². The third-order valence-electron chi connectivity index (χ3n) is 5.00. The van der Waals surface area contributed by atoms with Crippen molar-refractivity contribution in [2.45, 2.75) is 19.2 Å². The van der Waals surface area contributed by atoms with Crippen LogP contribution in [0.1, 0.15) is 5.56 Å². The number of ether oxygens (including phenoxy) is 2. The van der Waals surface area contributed by atoms with Crippen LogP contribution in [-0.4, -0.2) is 39.5 Å². The summed E-state index contributed by atoms with van der Waals surface area (Å²) in [5.74, 6) is -0.201. The first-order valence-electron chi connectivity index (χ1n) is 11.1. The molecule has 0 bridgehead atoms. The van der Waals surface area contributed by atoms with E-state index in [4.69, 9.17) is 9.47 Å². The van der Waals surface area contributed by atoms with Gasteiger partial charge in [0.15, 0.2) is 0 Å². The second-order valence-electron chi connectivity index (χ2n) is 7.79. The largest absolute Gasteiger partial charge is 0.457 e. The van der Waals surface area contributed by atoms with E-state index in [1.807, 2.05) is 30.3 Å². The smallest absolute Gasteiger partial charge is 0.249 e. The summed E-state index contributed by atoms with van der Waals surface area (Å²) in [6, 6.07) is 20.9. The number of halogens is 1. The number of aromatic nitrogens is 3. The molecule has 1 atom stereocenters. The molecule has 0 saturated carbocycles. The molecule has 184 valence electrons. The third-order valence-corrected chi connectivity index (χ3v) is 5.00. The molecule has 3 aromatic carbocycles. The maximum absolute atomic E-state index is 13.1. The van der Waals surface area contributed by atoms with E-state index >= 15 is 0 Å². The van der Waals surface area contributed by atoms with Crippen molar-refractivity contribution in [3.05, 3.63) is 103 Å². The highest BCUT2D eigenvalue weighted by Crippen LogP contribution is 2.23. The van der Waals surface area contributed by atoms with Gasteiger partial charge in [-0.1, -0.05) is 35.5 Å². The molecule has 1 heterocycles. The van der Waals surface area contributed by atoms with Gasteiger partial charge in [0.2, 0.25) is 11.8 Å². The number of benzene rings is 3. The highest BCUT2D eigenvalue weighted by Gasteiger charge is 2.22. The molecule has 0 aliphatic heterocycles. The van der Waals surface area contributed by atoms with Gasteiger partial charge < -0.3 is 20.1 Å². The second-order valence-corrected chi connectivity index (χ2v) is 7.79. The SMILES string of the molecule is O=C(Cn1ccnn1)N[C@@H](COCc1ccccc1)C(=O)Nc1ccc(Oc2ccc(F)cc2)cc1. The van der Waals surface area contributed by atoms with E-state index in [1.54, 1.807) is 30.5 Å². The van der Waals surface area contributed by atoms with Crippen molar-refractivity contribution in [2.24, 2.45) is 0 Å². The Morgan fingerprint density at radius 1 is 0.944 bits per heavy atom. The Bertz CT molecular complexity index is 1250. The molecule has 10 heteroatoms. The van der Waals surface area contributed by atoms with Crippen molar-refractivity contribution in [1.29, 1.82) is 0 Å². The number of carbonyl (C=O) groups is 2. The predicted molar refractivity (Wildman–Crippen MR) is 130 cm³/mol. The van der Waals surface area contributed by atoms with Crippen LogP contribution in [0, 0.1) is 5.82 Å². The topological polar surface area (TPSA) is 107 Å². The monoisotopic (exact) mass is 489 g/mol. The van der Waals surface area contributed by atoms with Crippen LogP contribution >= 0.6 is 0 Å². The maximum Gasteiger partial charge on any atom is 0.249 e. The van der Waals surface area contributed by atoms with Crippen LogP contribution < -0.4 is 15.4 Å². The lowest BCUT2D eigenvalue weighted by molar-refractivity contribution is -0.128. The standard InChI is InChI=1S/C26H24FN5O4/c27-20-6-10-22(11-7-20)36-23-12-8-21(9-13-23)29-26(34)24(18-35-17-19-4-2-1-3-5-19)30-25(33)16-32-15-14-28-31-32/h1-15,24H,16-18H2,(H,29,34)(H,30,33)/t24-/m0/s1. The van der Waals surface area contributed by atoms with Crippen molar-refractivity contribution < 1.29 is 23.5 Å². The Hall–Kier alpha value is -4.57. The van der Waals surface area contributed by atoms with Crippen molar-refractivity contribution in [1.82, 2.24) is 20.3 Å². The van der Waals surface area contributed by atoms with Crippen LogP contribution in [0.4, 0.5) is 10.1 Å². The molecule has 0 saturated heterocycles. The van der Waals surface area contributed by atoms with E-state index < -0.39 is 17.9 Å². The number of nitrogens with one attached hydrogen (secondary N) is 2. The number of carbonyl (C=O) groups excluding carboxylic acids is 2. The Labute approximate surface area is 206 Å². The van der Waals surface area contributed by atoms with Gasteiger partial charge in [0, 0.05) is 11.9 Å². The van der Waals surface area contributed by atoms with E-state index in [-0.39, 0.29) is 19.0 Å². The Kier molecular flexibility index (Phi) is 8.34. The zero-order chi connectivity index (χ0) is 25.2. The quantitative estimate of drug-likeness (QED) is 0.334. The van der Waals surface area contributed by atoms with Crippen LogP contribution in [0.5, 0.6) is 11.5 Å². The molecule has 0 aliphatic rings. The van der Waals surface area contributed by atoms with E-state index in [0.29, 0.717) is 23.8 Å². The number of amides is 2. The van der Waals surface area contributed by atoms with Gasteiger partial charge in [-0.2, -0.15) is 0 Å². The Morgan fingerprint density at radius 3 is 2.31 bits per heavy atom. The van der Waals surface area contributed by atoms with Gasteiger partial charge in [-0.15, -0.1) is 5.10 Å². The number of rotatable bonds is 11. The Morgan fingerprint density at radius 2 is 1.64 bits per heavy atom. The molecular weight excluding hydrogens is 465 g/mol. The normalized spacial score (nSPS) is 11.5. The molecule has 0 aliphatic carbocycles. The molecule has 0 unspecified atom stereocenters. The van der Waals surface area contributed by atoms with Crippen molar-refractivity contribution >= 4 is 17.5 Å². The number of nitrogens with zero attached hydrogens (tertiary/aromatic N) is 3. The van der Waals surface area contributed by atoms with E-state index in [0.717, 1.165) is 5.56 Å². The van der Waals surface area contributed by atoms with Crippen LogP contribution in [0.3, 0.4) is 0 Å². The molecule has 2 amide bonds. The van der Waals surface area contributed by atoms with Gasteiger partial charge in [0.25, 0.3) is 0 Å². The minimum absolute atomic E-state index is 0.0322. The molecule has 0 spiro atoms. The fourth-order valence-electron chi connectivity index (χ4n) is 3.23. The first-order valence-corrected chi connectivity index (χ1v) is 11.1. The zero-order valence-electron chi connectivity index (χ0n) is 19.2. The van der Waals surface area contributed by atoms with Crippen LogP contribution in [-0.2, 0) is 27.5 Å². The summed E-state index contributed by atoms with van der Waals surface area (Å²) in [5.41, 5.74) is 1.45. The number of anilines is 1. The minimum Gasteiger partial charge on any atom is -0.457 e. The van der Waals surface area contributed by atoms with Gasteiger partial charge in [-0.3, -0.25) is 9.59 Å². The van der Waals surface area contributed by atoms with Crippen LogP contribution in [0.15, 0.2) is 91.3 Å². The van der Waals surface area contributed by atoms with E-state index in [9.17, 15) is 14.0 Å². The molecule has 4 aromatic rings. The molecule has 9 nitrogen and oxygen atoms in total. The molecule has 0 radical (unpaired) electrons. The lowest BCUT2D eigenvalue weighted by Crippen LogP contribution is -2.47. The summed E-state index contributed by atoms with van der Waals surface area (Å²) in [4.78, 5) is 25.5. The maximum atomic E-state index is 13.1. The average molecular weight is 490 g/mol. The zero-order valence-corrected chi connectivity index (χ0v) is 19.2. The molecule has 2 N–H and O–H groups in total. The molecule has 1 aromatic heterocycles. The molecular formula is C26H24FN5O4. The van der Waals surface area contributed by atoms with Gasteiger partial charge in [0.1, 0.15) is 29.9 Å². The van der Waals surface area contributed by atoms with Crippen molar-refractivity contribution in [3.63, 3.8) is 0 Å². The summed E-state index contributed by atoms with van der Waals surface area (Å²) in [6.07, 6.45) is 3.01. The first-order chi connectivity index (χ1) is 17.5.